The third kappa shape index (κ3) is 3.09. The topological polar surface area (TPSA) is 26.3 Å². The van der Waals surface area contributed by atoms with Crippen LogP contribution in [0.2, 0.25) is 0 Å². The highest BCUT2D eigenvalue weighted by Crippen LogP contribution is 2.25. The Morgan fingerprint density at radius 2 is 1.82 bits per heavy atom. The zero-order valence-electron chi connectivity index (χ0n) is 10.4. The van der Waals surface area contributed by atoms with E-state index in [2.05, 4.69) is 0 Å². The predicted octanol–water partition coefficient (Wildman–Crippen LogP) is 3.21. The van der Waals surface area contributed by atoms with Crippen molar-refractivity contribution in [3.05, 3.63) is 35.4 Å². The average Bonchev–Trinajstić information content (AvgIpc) is 2.20. The van der Waals surface area contributed by atoms with E-state index in [9.17, 15) is 13.6 Å². The number of carbonyl (C=O) groups excluding carboxylic acids is 1. The molecule has 1 atom stereocenters. The van der Waals surface area contributed by atoms with Gasteiger partial charge in [0.25, 0.3) is 0 Å². The highest BCUT2D eigenvalue weighted by molar-refractivity contribution is 5.99. The van der Waals surface area contributed by atoms with Gasteiger partial charge in [-0.15, -0.1) is 0 Å². The van der Waals surface area contributed by atoms with Gasteiger partial charge in [0.15, 0.2) is 17.4 Å². The normalized spacial score (nSPS) is 13.5. The smallest absolute Gasteiger partial charge is 0.192 e. The fourth-order valence-electron chi connectivity index (χ4n) is 1.65. The summed E-state index contributed by atoms with van der Waals surface area (Å²) in [4.78, 5) is 12.1. The summed E-state index contributed by atoms with van der Waals surface area (Å²) in [5.41, 5.74) is -0.290. The third-order valence-corrected chi connectivity index (χ3v) is 2.46. The Balaban J connectivity index is 3.07. The number of methoxy groups -OCH3 is 1. The van der Waals surface area contributed by atoms with Crippen LogP contribution >= 0.6 is 0 Å². The number of ketones is 1. The minimum atomic E-state index is -1.03. The van der Waals surface area contributed by atoms with Crippen LogP contribution < -0.4 is 0 Å². The molecular weight excluding hydrogens is 226 g/mol. The Morgan fingerprint density at radius 3 is 2.24 bits per heavy atom. The van der Waals surface area contributed by atoms with Gasteiger partial charge < -0.3 is 4.74 Å². The van der Waals surface area contributed by atoms with Crippen molar-refractivity contribution in [2.75, 3.05) is 7.11 Å². The lowest BCUT2D eigenvalue weighted by atomic mass is 9.84. The second-order valence-electron chi connectivity index (χ2n) is 4.97. The van der Waals surface area contributed by atoms with Crippen LogP contribution in [0, 0.1) is 17.0 Å². The van der Waals surface area contributed by atoms with E-state index in [1.54, 1.807) is 0 Å². The zero-order valence-corrected chi connectivity index (χ0v) is 10.4. The van der Waals surface area contributed by atoms with Crippen molar-refractivity contribution in [2.45, 2.75) is 26.9 Å². The number of hydrogen-bond acceptors (Lipinski definition) is 2. The molecule has 1 aromatic rings. The van der Waals surface area contributed by atoms with Gasteiger partial charge >= 0.3 is 0 Å². The summed E-state index contributed by atoms with van der Waals surface area (Å²) < 4.78 is 30.9. The standard InChI is InChI=1S/C13H16F2O2/c1-13(2,3)12(17-4)11(16)8-5-6-9(14)10(15)7-8/h5-7,12H,1-4H3. The lowest BCUT2D eigenvalue weighted by molar-refractivity contribution is 0.0195. The molecule has 0 spiro atoms. The van der Waals surface area contributed by atoms with Gasteiger partial charge in [0.1, 0.15) is 6.10 Å². The maximum absolute atomic E-state index is 13.0. The zero-order chi connectivity index (χ0) is 13.2. The first kappa shape index (κ1) is 13.8. The van der Waals surface area contributed by atoms with Gasteiger partial charge in [0.2, 0.25) is 0 Å². The molecule has 0 saturated heterocycles. The Hall–Kier alpha value is -1.29. The number of rotatable bonds is 3. The molecule has 1 unspecified atom stereocenters. The Kier molecular flexibility index (Phi) is 3.98. The molecule has 4 heteroatoms. The summed E-state index contributed by atoms with van der Waals surface area (Å²) in [6, 6.07) is 3.10. The van der Waals surface area contributed by atoms with Crippen LogP contribution in [-0.4, -0.2) is 19.0 Å². The molecule has 1 aromatic carbocycles. The van der Waals surface area contributed by atoms with Crippen molar-refractivity contribution < 1.29 is 18.3 Å². The SMILES string of the molecule is COC(C(=O)c1ccc(F)c(F)c1)C(C)(C)C. The lowest BCUT2D eigenvalue weighted by Crippen LogP contribution is -2.36. The van der Waals surface area contributed by atoms with Crippen LogP contribution in [0.3, 0.4) is 0 Å². The summed E-state index contributed by atoms with van der Waals surface area (Å²) in [7, 11) is 1.42. The van der Waals surface area contributed by atoms with Gasteiger partial charge in [-0.25, -0.2) is 8.78 Å². The predicted molar refractivity (Wildman–Crippen MR) is 60.9 cm³/mol. The molecule has 0 fully saturated rings. The molecule has 17 heavy (non-hydrogen) atoms. The van der Waals surface area contributed by atoms with Crippen LogP contribution in [0.5, 0.6) is 0 Å². The van der Waals surface area contributed by atoms with Crippen molar-refractivity contribution in [3.63, 3.8) is 0 Å². The molecule has 2 nitrogen and oxygen atoms in total. The summed E-state index contributed by atoms with van der Waals surface area (Å²) in [5.74, 6) is -2.34. The second kappa shape index (κ2) is 4.92. The van der Waals surface area contributed by atoms with Gasteiger partial charge in [-0.3, -0.25) is 4.79 Å². The fraction of sp³-hybridized carbons (Fsp3) is 0.462. The van der Waals surface area contributed by atoms with Gasteiger partial charge in [-0.05, 0) is 23.6 Å². The number of carbonyl (C=O) groups is 1. The first-order chi connectivity index (χ1) is 7.77. The average molecular weight is 242 g/mol. The molecular formula is C13H16F2O2. The molecule has 0 radical (unpaired) electrons. The highest BCUT2D eigenvalue weighted by atomic mass is 19.2. The maximum atomic E-state index is 13.0. The van der Waals surface area contributed by atoms with E-state index in [0.717, 1.165) is 12.1 Å². The molecule has 0 aromatic heterocycles. The van der Waals surface area contributed by atoms with E-state index in [1.807, 2.05) is 20.8 Å². The number of hydrogen-bond donors (Lipinski definition) is 0. The minimum absolute atomic E-state index is 0.116. The van der Waals surface area contributed by atoms with Crippen LogP contribution in [0.4, 0.5) is 8.78 Å². The van der Waals surface area contributed by atoms with Crippen molar-refractivity contribution in [1.82, 2.24) is 0 Å². The van der Waals surface area contributed by atoms with E-state index < -0.39 is 23.2 Å². The van der Waals surface area contributed by atoms with Crippen molar-refractivity contribution in [3.8, 4) is 0 Å². The molecule has 0 amide bonds. The molecule has 94 valence electrons. The third-order valence-electron chi connectivity index (χ3n) is 2.46. The summed E-state index contributed by atoms with van der Waals surface area (Å²) in [6.45, 7) is 5.54. The van der Waals surface area contributed by atoms with Crippen molar-refractivity contribution >= 4 is 5.78 Å². The van der Waals surface area contributed by atoms with E-state index in [0.29, 0.717) is 0 Å². The molecule has 0 aliphatic rings. The molecule has 0 aliphatic carbocycles. The molecule has 1 rings (SSSR count). The van der Waals surface area contributed by atoms with E-state index >= 15 is 0 Å². The van der Waals surface area contributed by atoms with Crippen molar-refractivity contribution in [2.24, 2.45) is 5.41 Å². The first-order valence-electron chi connectivity index (χ1n) is 5.29. The number of ether oxygens (including phenoxy) is 1. The second-order valence-corrected chi connectivity index (χ2v) is 4.97. The van der Waals surface area contributed by atoms with Crippen LogP contribution in [0.15, 0.2) is 18.2 Å². The van der Waals surface area contributed by atoms with E-state index in [-0.39, 0.29) is 11.3 Å². The van der Waals surface area contributed by atoms with Crippen LogP contribution in [0.25, 0.3) is 0 Å². The molecule has 0 saturated carbocycles. The van der Waals surface area contributed by atoms with Gasteiger partial charge in [0.05, 0.1) is 0 Å². The summed E-state index contributed by atoms with van der Waals surface area (Å²) >= 11 is 0. The minimum Gasteiger partial charge on any atom is -0.373 e. The lowest BCUT2D eigenvalue weighted by Gasteiger charge is -2.28. The number of benzene rings is 1. The quantitative estimate of drug-likeness (QED) is 0.761. The molecule has 0 aliphatic heterocycles. The van der Waals surface area contributed by atoms with Crippen LogP contribution in [-0.2, 0) is 4.74 Å². The Bertz CT molecular complexity index is 422. The molecule has 0 heterocycles. The van der Waals surface area contributed by atoms with Gasteiger partial charge in [0, 0.05) is 12.7 Å². The maximum Gasteiger partial charge on any atom is 0.192 e. The van der Waals surface area contributed by atoms with Gasteiger partial charge in [-0.2, -0.15) is 0 Å². The number of Topliss-reactive ketones (excluding diaryl/α,β-unsaturated/α-hetero) is 1. The summed E-state index contributed by atoms with van der Waals surface area (Å²) in [5, 5.41) is 0. The molecule has 0 N–H and O–H groups in total. The highest BCUT2D eigenvalue weighted by Gasteiger charge is 2.32. The Morgan fingerprint density at radius 1 is 1.24 bits per heavy atom. The van der Waals surface area contributed by atoms with E-state index in [4.69, 9.17) is 4.74 Å². The van der Waals surface area contributed by atoms with Crippen molar-refractivity contribution in [1.29, 1.82) is 0 Å². The Labute approximate surface area is 99.6 Å². The largest absolute Gasteiger partial charge is 0.373 e. The molecule has 0 bridgehead atoms. The number of halogens is 2. The first-order valence-corrected chi connectivity index (χ1v) is 5.29. The summed E-state index contributed by atoms with van der Waals surface area (Å²) in [6.07, 6.45) is -0.688. The monoisotopic (exact) mass is 242 g/mol. The van der Waals surface area contributed by atoms with Crippen LogP contribution in [0.1, 0.15) is 31.1 Å². The van der Waals surface area contributed by atoms with Gasteiger partial charge in [-0.1, -0.05) is 20.8 Å². The fourth-order valence-corrected chi connectivity index (χ4v) is 1.65. The van der Waals surface area contributed by atoms with E-state index in [1.165, 1.54) is 13.2 Å².